The third-order valence-corrected chi connectivity index (χ3v) is 7.98. The fourth-order valence-electron chi connectivity index (χ4n) is 5.21. The third-order valence-electron chi connectivity index (χ3n) is 7.98. The Morgan fingerprint density at radius 1 is 0.840 bits per heavy atom. The van der Waals surface area contributed by atoms with E-state index in [2.05, 4.69) is 25.1 Å². The largest absolute Gasteiger partial charge is 0.586 e. The van der Waals surface area contributed by atoms with E-state index < -0.39 is 17.7 Å². The highest BCUT2D eigenvalue weighted by molar-refractivity contribution is 6.01. The molecule has 2 aromatic carbocycles. The van der Waals surface area contributed by atoms with Crippen molar-refractivity contribution in [2.24, 2.45) is 0 Å². The van der Waals surface area contributed by atoms with E-state index in [9.17, 15) is 23.2 Å². The number of alkyl halides is 2. The van der Waals surface area contributed by atoms with Gasteiger partial charge >= 0.3 is 12.3 Å². The first-order valence-corrected chi connectivity index (χ1v) is 16.2. The van der Waals surface area contributed by atoms with Crippen LogP contribution in [0, 0.1) is 6.92 Å². The van der Waals surface area contributed by atoms with Crippen molar-refractivity contribution in [1.29, 1.82) is 0 Å². The summed E-state index contributed by atoms with van der Waals surface area (Å²) >= 11 is 0. The van der Waals surface area contributed by atoms with Crippen LogP contribution < -0.4 is 20.1 Å². The maximum Gasteiger partial charge on any atom is 0.586 e. The van der Waals surface area contributed by atoms with Crippen LogP contribution in [0.4, 0.5) is 14.6 Å². The lowest BCUT2D eigenvalue weighted by molar-refractivity contribution is -0.286. The molecule has 0 spiro atoms. The molecule has 2 aliphatic rings. The highest BCUT2D eigenvalue weighted by atomic mass is 19.3. The van der Waals surface area contributed by atoms with Gasteiger partial charge in [-0.1, -0.05) is 24.3 Å². The molecule has 0 saturated heterocycles. The number of aromatic nitrogens is 1. The van der Waals surface area contributed by atoms with E-state index in [0.29, 0.717) is 93.8 Å². The van der Waals surface area contributed by atoms with E-state index in [-0.39, 0.29) is 36.3 Å². The van der Waals surface area contributed by atoms with Crippen molar-refractivity contribution >= 4 is 23.6 Å². The van der Waals surface area contributed by atoms with Gasteiger partial charge < -0.3 is 44.2 Å². The number of aliphatic carboxylic acids is 1. The highest BCUT2D eigenvalue weighted by Crippen LogP contribution is 2.52. The van der Waals surface area contributed by atoms with E-state index in [1.807, 2.05) is 19.1 Å². The number of hydrogen-bond acceptors (Lipinski definition) is 10. The van der Waals surface area contributed by atoms with Gasteiger partial charge in [-0.05, 0) is 61.2 Å². The summed E-state index contributed by atoms with van der Waals surface area (Å²) in [6.45, 7) is 4.75. The van der Waals surface area contributed by atoms with Crippen molar-refractivity contribution < 1.29 is 56.7 Å². The number of carbonyl (C=O) groups is 3. The Hall–Kier alpha value is -4.70. The zero-order chi connectivity index (χ0) is 35.6. The highest BCUT2D eigenvalue weighted by Gasteiger charge is 2.53. The number of nitrogens with zero attached hydrogens (tertiary/aromatic N) is 1. The monoisotopic (exact) mass is 699 g/mol. The smallest absolute Gasteiger partial charge is 0.481 e. The molecule has 2 amide bonds. The van der Waals surface area contributed by atoms with E-state index in [1.54, 1.807) is 30.3 Å². The lowest BCUT2D eigenvalue weighted by atomic mass is 9.94. The van der Waals surface area contributed by atoms with Gasteiger partial charge in [0.2, 0.25) is 5.91 Å². The minimum absolute atomic E-state index is 0.0387. The van der Waals surface area contributed by atoms with Gasteiger partial charge in [0.1, 0.15) is 5.82 Å². The maximum atomic E-state index is 13.5. The Morgan fingerprint density at radius 2 is 1.50 bits per heavy atom. The molecular formula is C35H39F2N3O10. The van der Waals surface area contributed by atoms with Crippen molar-refractivity contribution in [2.45, 2.75) is 37.9 Å². The molecule has 5 rings (SSSR count). The Labute approximate surface area is 287 Å². The number of hydrogen-bond donors (Lipinski definition) is 3. The summed E-state index contributed by atoms with van der Waals surface area (Å²) in [5, 5.41) is 14.2. The van der Waals surface area contributed by atoms with Crippen LogP contribution in [-0.4, -0.2) is 93.6 Å². The zero-order valence-corrected chi connectivity index (χ0v) is 27.5. The van der Waals surface area contributed by atoms with E-state index in [0.717, 1.165) is 5.56 Å². The van der Waals surface area contributed by atoms with Gasteiger partial charge in [0, 0.05) is 17.7 Å². The number of fused-ring (bicyclic) bond motifs is 1. The van der Waals surface area contributed by atoms with Crippen LogP contribution in [0.3, 0.4) is 0 Å². The predicted molar refractivity (Wildman–Crippen MR) is 174 cm³/mol. The van der Waals surface area contributed by atoms with Crippen LogP contribution in [0.2, 0.25) is 0 Å². The van der Waals surface area contributed by atoms with Gasteiger partial charge in [-0.15, -0.1) is 8.78 Å². The number of rotatable bonds is 20. The van der Waals surface area contributed by atoms with Crippen LogP contribution in [0.5, 0.6) is 11.5 Å². The summed E-state index contributed by atoms with van der Waals surface area (Å²) in [6, 6.07) is 14.9. The Bertz CT molecular complexity index is 1670. The Morgan fingerprint density at radius 3 is 2.18 bits per heavy atom. The van der Waals surface area contributed by atoms with Crippen molar-refractivity contribution in [3.05, 3.63) is 71.3 Å². The van der Waals surface area contributed by atoms with Crippen molar-refractivity contribution in [3.63, 3.8) is 0 Å². The molecule has 3 aromatic rings. The zero-order valence-electron chi connectivity index (χ0n) is 27.5. The van der Waals surface area contributed by atoms with E-state index in [4.69, 9.17) is 24.1 Å². The topological polar surface area (TPSA) is 164 Å². The standard InChI is InChI=1S/C35H39F2N3O10/c1-23-5-8-29(40-33(44)34(10-11-34)26-6-7-27-28(22-26)50-35(36,37)49-27)39-31(23)24-3-2-4-25(21-24)32(43)38-12-14-46-16-18-48-20-19-47-17-15-45-13-9-30(41)42/h2-8,21-22H,9-20H2,1H3,(H,38,43)(H,41,42)(H,39,40,44). The van der Waals surface area contributed by atoms with Crippen LogP contribution >= 0.6 is 0 Å². The normalized spacial score (nSPS) is 15.0. The second-order valence-corrected chi connectivity index (χ2v) is 11.7. The second kappa shape index (κ2) is 16.8. The van der Waals surface area contributed by atoms with Gasteiger partial charge in [0.05, 0.1) is 70.4 Å². The van der Waals surface area contributed by atoms with E-state index in [1.165, 1.54) is 12.1 Å². The molecule has 0 radical (unpaired) electrons. The summed E-state index contributed by atoms with van der Waals surface area (Å²) < 4.78 is 57.5. The molecule has 1 aliphatic heterocycles. The van der Waals surface area contributed by atoms with Gasteiger partial charge in [-0.25, -0.2) is 4.98 Å². The molecular weight excluding hydrogens is 660 g/mol. The van der Waals surface area contributed by atoms with Gasteiger partial charge in [0.15, 0.2) is 11.5 Å². The Kier molecular flexibility index (Phi) is 12.3. The minimum Gasteiger partial charge on any atom is -0.481 e. The molecule has 0 atom stereocenters. The van der Waals surface area contributed by atoms with Gasteiger partial charge in [0.25, 0.3) is 5.91 Å². The lowest BCUT2D eigenvalue weighted by Gasteiger charge is -2.17. The quantitative estimate of drug-likeness (QED) is 0.144. The van der Waals surface area contributed by atoms with Crippen LogP contribution in [0.1, 0.15) is 40.7 Å². The number of carboxylic acids is 1. The number of anilines is 1. The molecule has 13 nitrogen and oxygen atoms in total. The lowest BCUT2D eigenvalue weighted by Crippen LogP contribution is -2.28. The average Bonchev–Trinajstić information content (AvgIpc) is 3.84. The number of carbonyl (C=O) groups excluding carboxylic acids is 2. The third kappa shape index (κ3) is 9.94. The van der Waals surface area contributed by atoms with Crippen LogP contribution in [0.25, 0.3) is 11.3 Å². The number of pyridine rings is 1. The van der Waals surface area contributed by atoms with Crippen molar-refractivity contribution in [3.8, 4) is 22.8 Å². The molecule has 50 heavy (non-hydrogen) atoms. The van der Waals surface area contributed by atoms with Gasteiger partial charge in [-0.2, -0.15) is 0 Å². The first kappa shape index (κ1) is 36.6. The second-order valence-electron chi connectivity index (χ2n) is 11.7. The molecule has 0 bridgehead atoms. The number of halogens is 2. The molecule has 3 N–H and O–H groups in total. The van der Waals surface area contributed by atoms with Crippen LogP contribution in [-0.2, 0) is 34.0 Å². The average molecular weight is 700 g/mol. The molecule has 1 saturated carbocycles. The molecule has 268 valence electrons. The number of aryl methyl sites for hydroxylation is 1. The van der Waals surface area contributed by atoms with Crippen LogP contribution in [0.15, 0.2) is 54.6 Å². The first-order chi connectivity index (χ1) is 24.1. The molecule has 15 heteroatoms. The number of amides is 2. The molecule has 2 heterocycles. The summed E-state index contributed by atoms with van der Waals surface area (Å²) in [5.41, 5.74) is 2.20. The SMILES string of the molecule is Cc1ccc(NC(=O)C2(c3ccc4c(c3)OC(F)(F)O4)CC2)nc1-c1cccc(C(=O)NCCOCCOCCOCCOCCC(=O)O)c1. The first-order valence-electron chi connectivity index (χ1n) is 16.2. The summed E-state index contributed by atoms with van der Waals surface area (Å²) in [4.78, 5) is 41.4. The Balaban J connectivity index is 1.04. The molecule has 1 aromatic heterocycles. The predicted octanol–water partition coefficient (Wildman–Crippen LogP) is 4.32. The fourth-order valence-corrected chi connectivity index (χ4v) is 5.21. The van der Waals surface area contributed by atoms with Gasteiger partial charge in [-0.3, -0.25) is 14.4 Å². The van der Waals surface area contributed by atoms with E-state index >= 15 is 0 Å². The molecule has 0 unspecified atom stereocenters. The van der Waals surface area contributed by atoms with Crippen molar-refractivity contribution in [1.82, 2.24) is 10.3 Å². The number of benzene rings is 2. The summed E-state index contributed by atoms with van der Waals surface area (Å²) in [6.07, 6.45) is -2.70. The maximum absolute atomic E-state index is 13.5. The number of nitrogens with one attached hydrogen (secondary N) is 2. The summed E-state index contributed by atoms with van der Waals surface area (Å²) in [5.74, 6) is -1.37. The fraction of sp³-hybridized carbons (Fsp3) is 0.429. The summed E-state index contributed by atoms with van der Waals surface area (Å²) in [7, 11) is 0. The molecule has 1 aliphatic carbocycles. The number of ether oxygens (including phenoxy) is 6. The van der Waals surface area contributed by atoms with Crippen molar-refractivity contribution in [2.75, 3.05) is 64.7 Å². The molecule has 1 fully saturated rings. The number of carboxylic acid groups (broad SMARTS) is 1. The minimum atomic E-state index is -3.74.